The van der Waals surface area contributed by atoms with Crippen LogP contribution in [-0.4, -0.2) is 12.0 Å². The molecular formula is C15H16F3NO2. The maximum atomic E-state index is 12.6. The Bertz CT molecular complexity index is 554. The van der Waals surface area contributed by atoms with Crippen LogP contribution in [0.2, 0.25) is 0 Å². The highest BCUT2D eigenvalue weighted by molar-refractivity contribution is 5.91. The van der Waals surface area contributed by atoms with Crippen LogP contribution in [0.25, 0.3) is 0 Å². The fourth-order valence-electron chi connectivity index (χ4n) is 2.50. The monoisotopic (exact) mass is 299 g/mol. The van der Waals surface area contributed by atoms with Gasteiger partial charge in [0.25, 0.3) is 0 Å². The first-order chi connectivity index (χ1) is 9.77. The van der Waals surface area contributed by atoms with Crippen molar-refractivity contribution >= 4 is 5.91 Å². The summed E-state index contributed by atoms with van der Waals surface area (Å²) in [6.45, 7) is 3.65. The molecule has 2 unspecified atom stereocenters. The third-order valence-electron chi connectivity index (χ3n) is 3.66. The predicted octanol–water partition coefficient (Wildman–Crippen LogP) is 3.29. The normalized spacial score (nSPS) is 22.0. The topological polar surface area (TPSA) is 52.3 Å². The molecule has 2 atom stereocenters. The average Bonchev–Trinajstić information content (AvgIpc) is 2.85. The Kier molecular flexibility index (Phi) is 4.25. The lowest BCUT2D eigenvalue weighted by Gasteiger charge is -2.16. The molecule has 3 nitrogen and oxygen atoms in total. The summed E-state index contributed by atoms with van der Waals surface area (Å²) in [5.74, 6) is -0.418. The molecule has 0 heterocycles. The highest BCUT2D eigenvalue weighted by Crippen LogP contribution is 2.35. The number of carbonyl (C=O) groups excluding carboxylic acids is 1. The number of nitrogens with two attached hydrogens (primary N) is 1. The van der Waals surface area contributed by atoms with Gasteiger partial charge in [0.05, 0.1) is 11.7 Å². The summed E-state index contributed by atoms with van der Waals surface area (Å²) in [6.07, 6.45) is -2.72. The molecule has 0 aliphatic heterocycles. The second-order valence-corrected chi connectivity index (χ2v) is 5.16. The highest BCUT2D eigenvalue weighted by Gasteiger charge is 2.32. The van der Waals surface area contributed by atoms with Gasteiger partial charge in [0.1, 0.15) is 5.75 Å². The van der Waals surface area contributed by atoms with E-state index in [0.29, 0.717) is 24.8 Å². The quantitative estimate of drug-likeness (QED) is 0.867. The van der Waals surface area contributed by atoms with Crippen LogP contribution in [0.15, 0.2) is 36.4 Å². The first-order valence-corrected chi connectivity index (χ1v) is 6.60. The second-order valence-electron chi connectivity index (χ2n) is 5.16. The molecule has 0 radical (unpaired) electrons. The van der Waals surface area contributed by atoms with Gasteiger partial charge in [-0.2, -0.15) is 13.2 Å². The molecule has 2 rings (SSSR count). The van der Waals surface area contributed by atoms with Gasteiger partial charge in [0.2, 0.25) is 5.91 Å². The lowest BCUT2D eigenvalue weighted by Crippen LogP contribution is -2.19. The molecule has 1 aliphatic rings. The third kappa shape index (κ3) is 3.77. The van der Waals surface area contributed by atoms with Gasteiger partial charge in [-0.15, -0.1) is 0 Å². The fourth-order valence-corrected chi connectivity index (χ4v) is 2.50. The Morgan fingerprint density at radius 2 is 2.05 bits per heavy atom. The summed E-state index contributed by atoms with van der Waals surface area (Å²) < 4.78 is 43.4. The molecule has 0 bridgehead atoms. The van der Waals surface area contributed by atoms with E-state index in [1.807, 2.05) is 0 Å². The Morgan fingerprint density at radius 3 is 2.67 bits per heavy atom. The first-order valence-electron chi connectivity index (χ1n) is 6.60. The number of ether oxygens (including phenoxy) is 1. The van der Waals surface area contributed by atoms with Crippen LogP contribution in [0.3, 0.4) is 0 Å². The highest BCUT2D eigenvalue weighted by atomic mass is 19.4. The van der Waals surface area contributed by atoms with E-state index in [1.165, 1.54) is 12.1 Å². The predicted molar refractivity (Wildman–Crippen MR) is 71.5 cm³/mol. The largest absolute Gasteiger partial charge is 0.490 e. The van der Waals surface area contributed by atoms with Crippen molar-refractivity contribution in [2.24, 2.45) is 11.7 Å². The van der Waals surface area contributed by atoms with Crippen LogP contribution < -0.4 is 10.5 Å². The van der Waals surface area contributed by atoms with Crippen molar-refractivity contribution in [3.05, 3.63) is 42.0 Å². The Labute approximate surface area is 120 Å². The number of hydrogen-bond donors (Lipinski definition) is 1. The molecule has 0 saturated heterocycles. The van der Waals surface area contributed by atoms with Crippen LogP contribution in [0.1, 0.15) is 24.8 Å². The summed E-state index contributed by atoms with van der Waals surface area (Å²) in [4.78, 5) is 11.1. The maximum absolute atomic E-state index is 12.6. The van der Waals surface area contributed by atoms with Gasteiger partial charge in [0, 0.05) is 5.57 Å². The molecule has 1 amide bonds. The Hall–Kier alpha value is -1.98. The maximum Gasteiger partial charge on any atom is 0.416 e. The van der Waals surface area contributed by atoms with Crippen molar-refractivity contribution in [2.75, 3.05) is 0 Å². The van der Waals surface area contributed by atoms with Crippen LogP contribution in [0.4, 0.5) is 13.2 Å². The first kappa shape index (κ1) is 15.4. The van der Waals surface area contributed by atoms with Crippen molar-refractivity contribution in [2.45, 2.75) is 31.5 Å². The van der Waals surface area contributed by atoms with Gasteiger partial charge in [-0.25, -0.2) is 0 Å². The van der Waals surface area contributed by atoms with Crippen LogP contribution in [0.5, 0.6) is 5.75 Å². The van der Waals surface area contributed by atoms with Crippen LogP contribution >= 0.6 is 0 Å². The number of benzene rings is 1. The van der Waals surface area contributed by atoms with E-state index in [4.69, 9.17) is 10.5 Å². The lowest BCUT2D eigenvalue weighted by molar-refractivity contribution is -0.137. The molecule has 6 heteroatoms. The molecule has 0 spiro atoms. The fraction of sp³-hybridized carbons (Fsp3) is 0.400. The number of alkyl halides is 3. The molecule has 1 fully saturated rings. The molecule has 114 valence electrons. The molecule has 2 N–H and O–H groups in total. The molecule has 0 aromatic heterocycles. The number of carbonyl (C=O) groups is 1. The zero-order valence-electron chi connectivity index (χ0n) is 11.3. The van der Waals surface area contributed by atoms with Gasteiger partial charge >= 0.3 is 6.18 Å². The van der Waals surface area contributed by atoms with E-state index in [1.54, 1.807) is 0 Å². The zero-order chi connectivity index (χ0) is 15.6. The van der Waals surface area contributed by atoms with Crippen LogP contribution in [-0.2, 0) is 11.0 Å². The smallest absolute Gasteiger partial charge is 0.416 e. The standard InChI is InChI=1S/C15H16F3NO2/c1-9(14(19)20)10-5-6-13(7-10)21-12-4-2-3-11(8-12)15(16,17)18/h2-4,8,10,13H,1,5-7H2,(H2,19,20). The zero-order valence-corrected chi connectivity index (χ0v) is 11.3. The third-order valence-corrected chi connectivity index (χ3v) is 3.66. The van der Waals surface area contributed by atoms with Crippen molar-refractivity contribution in [1.82, 2.24) is 0 Å². The van der Waals surface area contributed by atoms with E-state index in [9.17, 15) is 18.0 Å². The minimum Gasteiger partial charge on any atom is -0.490 e. The summed E-state index contributed by atoms with van der Waals surface area (Å²) in [5.41, 5.74) is 4.79. The number of rotatable bonds is 4. The molecular weight excluding hydrogens is 283 g/mol. The van der Waals surface area contributed by atoms with E-state index in [-0.39, 0.29) is 17.8 Å². The lowest BCUT2D eigenvalue weighted by atomic mass is 9.98. The minimum absolute atomic E-state index is 0.0571. The van der Waals surface area contributed by atoms with Gasteiger partial charge in [-0.05, 0) is 43.4 Å². The summed E-state index contributed by atoms with van der Waals surface area (Å²) in [6, 6.07) is 4.79. The van der Waals surface area contributed by atoms with Crippen molar-refractivity contribution in [1.29, 1.82) is 0 Å². The van der Waals surface area contributed by atoms with E-state index in [0.717, 1.165) is 12.1 Å². The van der Waals surface area contributed by atoms with Crippen LogP contribution in [0, 0.1) is 5.92 Å². The second kappa shape index (κ2) is 5.79. The molecule has 1 aromatic carbocycles. The van der Waals surface area contributed by atoms with E-state index >= 15 is 0 Å². The molecule has 1 aromatic rings. The molecule has 1 aliphatic carbocycles. The van der Waals surface area contributed by atoms with Crippen molar-refractivity contribution < 1.29 is 22.7 Å². The number of primary amides is 1. The Morgan fingerprint density at radius 1 is 1.33 bits per heavy atom. The van der Waals surface area contributed by atoms with Gasteiger partial charge in [-0.3, -0.25) is 4.79 Å². The Balaban J connectivity index is 2.01. The van der Waals surface area contributed by atoms with Gasteiger partial charge in [-0.1, -0.05) is 12.6 Å². The average molecular weight is 299 g/mol. The van der Waals surface area contributed by atoms with E-state index < -0.39 is 17.6 Å². The number of halogens is 3. The van der Waals surface area contributed by atoms with Crippen molar-refractivity contribution in [3.8, 4) is 5.75 Å². The minimum atomic E-state index is -4.39. The van der Waals surface area contributed by atoms with Crippen molar-refractivity contribution in [3.63, 3.8) is 0 Å². The molecule has 1 saturated carbocycles. The summed E-state index contributed by atoms with van der Waals surface area (Å²) in [7, 11) is 0. The summed E-state index contributed by atoms with van der Waals surface area (Å²) in [5, 5.41) is 0. The van der Waals surface area contributed by atoms with Gasteiger partial charge < -0.3 is 10.5 Å². The van der Waals surface area contributed by atoms with E-state index in [2.05, 4.69) is 6.58 Å². The summed E-state index contributed by atoms with van der Waals surface area (Å²) >= 11 is 0. The SMILES string of the molecule is C=C(C(N)=O)C1CCC(Oc2cccc(C(F)(F)F)c2)C1. The molecule has 21 heavy (non-hydrogen) atoms. The van der Waals surface area contributed by atoms with Gasteiger partial charge in [0.15, 0.2) is 0 Å². The number of hydrogen-bond acceptors (Lipinski definition) is 2. The number of amides is 1.